The molecule has 0 aromatic carbocycles. The Balaban J connectivity index is 0.00000180. The fraction of sp³-hybridized carbons (Fsp3) is 0.923. The van der Waals surface area contributed by atoms with Gasteiger partial charge in [-0.2, -0.15) is 0 Å². The van der Waals surface area contributed by atoms with Crippen molar-refractivity contribution in [2.45, 2.75) is 25.7 Å². The SMILES string of the molecule is Cl.NCC1(C(=O)NCCOCC2CC2)CCOCC1. The van der Waals surface area contributed by atoms with Crippen molar-refractivity contribution in [3.8, 4) is 0 Å². The van der Waals surface area contributed by atoms with E-state index in [1.807, 2.05) is 0 Å². The standard InChI is InChI=1S/C13H24N2O3.ClH/c14-10-13(3-6-17-7-4-13)12(16)15-5-8-18-9-11-1-2-11;/h11H,1-10,14H2,(H,15,16);1H. The smallest absolute Gasteiger partial charge is 0.227 e. The van der Waals surface area contributed by atoms with Crippen LogP contribution in [0.2, 0.25) is 0 Å². The molecule has 0 spiro atoms. The molecule has 0 radical (unpaired) electrons. The van der Waals surface area contributed by atoms with Gasteiger partial charge in [-0.05, 0) is 31.6 Å². The lowest BCUT2D eigenvalue weighted by atomic mass is 9.79. The van der Waals surface area contributed by atoms with Crippen LogP contribution >= 0.6 is 12.4 Å². The Morgan fingerprint density at radius 1 is 1.37 bits per heavy atom. The highest BCUT2D eigenvalue weighted by molar-refractivity contribution is 5.85. The van der Waals surface area contributed by atoms with Crippen molar-refractivity contribution < 1.29 is 14.3 Å². The predicted octanol–water partition coefficient (Wildman–Crippen LogP) is 0.706. The quantitative estimate of drug-likeness (QED) is 0.678. The third kappa shape index (κ3) is 4.91. The number of nitrogens with one attached hydrogen (secondary N) is 1. The first-order chi connectivity index (χ1) is 8.77. The maximum absolute atomic E-state index is 12.2. The lowest BCUT2D eigenvalue weighted by Gasteiger charge is -2.34. The molecule has 2 rings (SSSR count). The molecular weight excluding hydrogens is 268 g/mol. The van der Waals surface area contributed by atoms with E-state index in [-0.39, 0.29) is 18.3 Å². The number of ether oxygens (including phenoxy) is 2. The molecule has 0 aromatic heterocycles. The zero-order chi connectivity index (χ0) is 12.8. The van der Waals surface area contributed by atoms with E-state index in [2.05, 4.69) is 5.32 Å². The molecule has 2 aliphatic rings. The molecule has 1 aliphatic heterocycles. The molecule has 1 saturated heterocycles. The summed E-state index contributed by atoms with van der Waals surface area (Å²) in [5.41, 5.74) is 5.35. The molecule has 0 aromatic rings. The van der Waals surface area contributed by atoms with Gasteiger partial charge in [0.15, 0.2) is 0 Å². The van der Waals surface area contributed by atoms with Crippen LogP contribution in [0.5, 0.6) is 0 Å². The molecule has 3 N–H and O–H groups in total. The zero-order valence-corrected chi connectivity index (χ0v) is 12.2. The fourth-order valence-corrected chi connectivity index (χ4v) is 2.24. The first kappa shape index (κ1) is 16.7. The summed E-state index contributed by atoms with van der Waals surface area (Å²) in [5.74, 6) is 0.829. The second kappa shape index (κ2) is 8.04. The third-order valence-electron chi connectivity index (χ3n) is 3.90. The van der Waals surface area contributed by atoms with Gasteiger partial charge in [0, 0.05) is 32.9 Å². The topological polar surface area (TPSA) is 73.6 Å². The molecule has 2 fully saturated rings. The molecule has 1 amide bonds. The first-order valence-electron chi connectivity index (χ1n) is 6.91. The Kier molecular flexibility index (Phi) is 7.07. The van der Waals surface area contributed by atoms with Gasteiger partial charge in [0.25, 0.3) is 0 Å². The van der Waals surface area contributed by atoms with E-state index in [1.165, 1.54) is 12.8 Å². The van der Waals surface area contributed by atoms with Crippen LogP contribution in [0.3, 0.4) is 0 Å². The van der Waals surface area contributed by atoms with E-state index in [0.29, 0.717) is 32.9 Å². The Bertz CT molecular complexity index is 279. The van der Waals surface area contributed by atoms with Crippen molar-refractivity contribution in [1.82, 2.24) is 5.32 Å². The predicted molar refractivity (Wildman–Crippen MR) is 75.3 cm³/mol. The average Bonchev–Trinajstić information content (AvgIpc) is 3.23. The van der Waals surface area contributed by atoms with E-state index >= 15 is 0 Å². The Morgan fingerprint density at radius 3 is 2.63 bits per heavy atom. The average molecular weight is 293 g/mol. The van der Waals surface area contributed by atoms with Crippen LogP contribution in [0.25, 0.3) is 0 Å². The van der Waals surface area contributed by atoms with Crippen LogP contribution in [-0.2, 0) is 14.3 Å². The minimum absolute atomic E-state index is 0. The maximum atomic E-state index is 12.2. The van der Waals surface area contributed by atoms with E-state index < -0.39 is 5.41 Å². The maximum Gasteiger partial charge on any atom is 0.227 e. The summed E-state index contributed by atoms with van der Waals surface area (Å²) < 4.78 is 10.8. The molecule has 6 heteroatoms. The summed E-state index contributed by atoms with van der Waals surface area (Å²) in [6.07, 6.45) is 4.03. The van der Waals surface area contributed by atoms with Crippen molar-refractivity contribution in [2.75, 3.05) is 39.5 Å². The molecule has 1 aliphatic carbocycles. The van der Waals surface area contributed by atoms with Gasteiger partial charge in [-0.1, -0.05) is 0 Å². The van der Waals surface area contributed by atoms with Crippen molar-refractivity contribution in [3.63, 3.8) is 0 Å². The van der Waals surface area contributed by atoms with Crippen molar-refractivity contribution in [3.05, 3.63) is 0 Å². The Labute approximate surface area is 121 Å². The molecule has 0 bridgehead atoms. The van der Waals surface area contributed by atoms with Crippen LogP contribution in [-0.4, -0.2) is 45.4 Å². The van der Waals surface area contributed by atoms with Gasteiger partial charge in [-0.3, -0.25) is 4.79 Å². The number of nitrogens with two attached hydrogens (primary N) is 1. The molecule has 5 nitrogen and oxygen atoms in total. The van der Waals surface area contributed by atoms with Gasteiger partial charge in [-0.25, -0.2) is 0 Å². The largest absolute Gasteiger partial charge is 0.381 e. The van der Waals surface area contributed by atoms with Crippen LogP contribution in [0.4, 0.5) is 0 Å². The second-order valence-corrected chi connectivity index (χ2v) is 5.37. The number of carbonyl (C=O) groups excluding carboxylic acids is 1. The summed E-state index contributed by atoms with van der Waals surface area (Å²) in [6, 6.07) is 0. The van der Waals surface area contributed by atoms with E-state index in [0.717, 1.165) is 25.4 Å². The highest BCUT2D eigenvalue weighted by Crippen LogP contribution is 2.29. The van der Waals surface area contributed by atoms with Crippen LogP contribution in [0, 0.1) is 11.3 Å². The number of halogens is 1. The molecule has 0 atom stereocenters. The van der Waals surface area contributed by atoms with Crippen LogP contribution in [0.1, 0.15) is 25.7 Å². The van der Waals surface area contributed by atoms with Gasteiger partial charge in [0.05, 0.1) is 12.0 Å². The van der Waals surface area contributed by atoms with Crippen molar-refractivity contribution in [1.29, 1.82) is 0 Å². The van der Waals surface area contributed by atoms with E-state index in [1.54, 1.807) is 0 Å². The molecule has 1 saturated carbocycles. The van der Waals surface area contributed by atoms with Gasteiger partial charge >= 0.3 is 0 Å². The van der Waals surface area contributed by atoms with E-state index in [9.17, 15) is 4.79 Å². The van der Waals surface area contributed by atoms with Gasteiger partial charge in [0.1, 0.15) is 0 Å². The van der Waals surface area contributed by atoms with Crippen molar-refractivity contribution >= 4 is 18.3 Å². The monoisotopic (exact) mass is 292 g/mol. The number of rotatable bonds is 7. The molecule has 0 unspecified atom stereocenters. The number of hydrogen-bond donors (Lipinski definition) is 2. The lowest BCUT2D eigenvalue weighted by Crippen LogP contribution is -2.49. The van der Waals surface area contributed by atoms with Gasteiger partial charge < -0.3 is 20.5 Å². The van der Waals surface area contributed by atoms with Crippen LogP contribution in [0.15, 0.2) is 0 Å². The van der Waals surface area contributed by atoms with E-state index in [4.69, 9.17) is 15.2 Å². The summed E-state index contributed by atoms with van der Waals surface area (Å²) in [6.45, 7) is 3.66. The highest BCUT2D eigenvalue weighted by atomic mass is 35.5. The summed E-state index contributed by atoms with van der Waals surface area (Å²) in [5, 5.41) is 2.94. The third-order valence-corrected chi connectivity index (χ3v) is 3.90. The minimum atomic E-state index is -0.422. The molecule has 1 heterocycles. The molecule has 19 heavy (non-hydrogen) atoms. The summed E-state index contributed by atoms with van der Waals surface area (Å²) in [7, 11) is 0. The normalized spacial score (nSPS) is 21.5. The Hall–Kier alpha value is -0.360. The lowest BCUT2D eigenvalue weighted by molar-refractivity contribution is -0.136. The van der Waals surface area contributed by atoms with Crippen molar-refractivity contribution in [2.24, 2.45) is 17.1 Å². The Morgan fingerprint density at radius 2 is 2.05 bits per heavy atom. The molecular formula is C13H25ClN2O3. The molecule has 112 valence electrons. The number of carbonyl (C=O) groups is 1. The van der Waals surface area contributed by atoms with Crippen LogP contribution < -0.4 is 11.1 Å². The summed E-state index contributed by atoms with van der Waals surface area (Å²) >= 11 is 0. The second-order valence-electron chi connectivity index (χ2n) is 5.37. The van der Waals surface area contributed by atoms with Gasteiger partial charge in [0.2, 0.25) is 5.91 Å². The fourth-order valence-electron chi connectivity index (χ4n) is 2.24. The minimum Gasteiger partial charge on any atom is -0.381 e. The number of hydrogen-bond acceptors (Lipinski definition) is 4. The zero-order valence-electron chi connectivity index (χ0n) is 11.4. The summed E-state index contributed by atoms with van der Waals surface area (Å²) in [4.78, 5) is 12.2. The van der Waals surface area contributed by atoms with Gasteiger partial charge in [-0.15, -0.1) is 12.4 Å². The highest BCUT2D eigenvalue weighted by Gasteiger charge is 2.38. The number of amides is 1. The first-order valence-corrected chi connectivity index (χ1v) is 6.91.